The topological polar surface area (TPSA) is 23.5 Å². The summed E-state index contributed by atoms with van der Waals surface area (Å²) in [5.74, 6) is 0. The fourth-order valence-corrected chi connectivity index (χ4v) is 2.30. The molecule has 1 atom stereocenters. The molecule has 0 radical (unpaired) electrons. The Hall–Kier alpha value is -0.340. The van der Waals surface area contributed by atoms with Gasteiger partial charge >= 0.3 is 0 Å². The molecule has 1 heterocycles. The first-order valence-corrected chi connectivity index (χ1v) is 5.79. The Morgan fingerprint density at radius 3 is 2.93 bits per heavy atom. The van der Waals surface area contributed by atoms with Crippen molar-refractivity contribution in [3.8, 4) is 0 Å². The van der Waals surface area contributed by atoms with Crippen molar-refractivity contribution < 1.29 is 5.11 Å². The quantitative estimate of drug-likeness (QED) is 0.683. The van der Waals surface area contributed by atoms with Gasteiger partial charge in [0, 0.05) is 12.6 Å². The fourth-order valence-electron chi connectivity index (χ4n) is 2.30. The summed E-state index contributed by atoms with van der Waals surface area (Å²) in [5, 5.41) is 8.81. The average Bonchev–Trinajstić information content (AvgIpc) is 2.19. The van der Waals surface area contributed by atoms with Crippen molar-refractivity contribution in [2.75, 3.05) is 19.7 Å². The third-order valence-electron chi connectivity index (χ3n) is 3.14. The zero-order chi connectivity index (χ0) is 10.4. The molecule has 1 rings (SSSR count). The van der Waals surface area contributed by atoms with Crippen molar-refractivity contribution in [1.29, 1.82) is 0 Å². The van der Waals surface area contributed by atoms with Gasteiger partial charge in [-0.3, -0.25) is 0 Å². The summed E-state index contributed by atoms with van der Waals surface area (Å²) in [5.41, 5.74) is 1.21. The highest BCUT2D eigenvalue weighted by molar-refractivity contribution is 4.98. The maximum absolute atomic E-state index is 8.81. The fraction of sp³-hybridized carbons (Fsp3) is 0.833. The van der Waals surface area contributed by atoms with Crippen LogP contribution in [0.5, 0.6) is 0 Å². The number of aliphatic hydroxyl groups excluding tert-OH is 1. The Kier molecular flexibility index (Phi) is 5.20. The van der Waals surface area contributed by atoms with E-state index in [0.29, 0.717) is 6.04 Å². The van der Waals surface area contributed by atoms with E-state index in [9.17, 15) is 0 Å². The molecule has 0 aromatic rings. The second-order valence-electron chi connectivity index (χ2n) is 4.21. The molecule has 0 amide bonds. The lowest BCUT2D eigenvalue weighted by atomic mass is 9.95. The van der Waals surface area contributed by atoms with Crippen LogP contribution in [-0.4, -0.2) is 35.7 Å². The zero-order valence-corrected chi connectivity index (χ0v) is 9.34. The minimum Gasteiger partial charge on any atom is -0.396 e. The highest BCUT2D eigenvalue weighted by atomic mass is 16.2. The van der Waals surface area contributed by atoms with E-state index in [1.807, 2.05) is 0 Å². The number of piperidine rings is 1. The van der Waals surface area contributed by atoms with Crippen LogP contribution in [0.4, 0.5) is 0 Å². The molecule has 1 aliphatic rings. The Morgan fingerprint density at radius 1 is 1.50 bits per heavy atom. The van der Waals surface area contributed by atoms with Gasteiger partial charge in [-0.25, -0.2) is 0 Å². The molecule has 0 saturated carbocycles. The number of rotatable bonds is 5. The van der Waals surface area contributed by atoms with Gasteiger partial charge in [0.15, 0.2) is 0 Å². The van der Waals surface area contributed by atoms with Crippen LogP contribution in [-0.2, 0) is 0 Å². The standard InChI is InChI=1S/C12H23NO/c1-3-13-8-5-4-6-12(13)10-11(2)7-9-14/h12,14H,2-10H2,1H3. The first kappa shape index (κ1) is 11.7. The molecule has 82 valence electrons. The predicted molar refractivity (Wildman–Crippen MR) is 60.3 cm³/mol. The van der Waals surface area contributed by atoms with Crippen LogP contribution in [0.2, 0.25) is 0 Å². The molecule has 0 aromatic carbocycles. The summed E-state index contributed by atoms with van der Waals surface area (Å²) in [6, 6.07) is 0.688. The third kappa shape index (κ3) is 3.43. The van der Waals surface area contributed by atoms with Crippen LogP contribution in [0.1, 0.15) is 39.0 Å². The lowest BCUT2D eigenvalue weighted by molar-refractivity contribution is 0.153. The lowest BCUT2D eigenvalue weighted by Gasteiger charge is -2.35. The normalized spacial score (nSPS) is 23.7. The van der Waals surface area contributed by atoms with Crippen molar-refractivity contribution in [3.05, 3.63) is 12.2 Å². The molecule has 0 spiro atoms. The smallest absolute Gasteiger partial charge is 0.0468 e. The summed E-state index contributed by atoms with van der Waals surface area (Å²) in [7, 11) is 0. The third-order valence-corrected chi connectivity index (χ3v) is 3.14. The van der Waals surface area contributed by atoms with Gasteiger partial charge in [0.25, 0.3) is 0 Å². The molecule has 1 aliphatic heterocycles. The Bertz CT molecular complexity index is 179. The van der Waals surface area contributed by atoms with E-state index in [4.69, 9.17) is 5.11 Å². The van der Waals surface area contributed by atoms with Gasteiger partial charge in [-0.1, -0.05) is 25.5 Å². The van der Waals surface area contributed by atoms with E-state index in [1.54, 1.807) is 0 Å². The van der Waals surface area contributed by atoms with Crippen LogP contribution in [0.15, 0.2) is 12.2 Å². The van der Waals surface area contributed by atoms with Crippen molar-refractivity contribution in [2.45, 2.75) is 45.1 Å². The summed E-state index contributed by atoms with van der Waals surface area (Å²) >= 11 is 0. The van der Waals surface area contributed by atoms with Gasteiger partial charge in [0.05, 0.1) is 0 Å². The first-order valence-electron chi connectivity index (χ1n) is 5.79. The van der Waals surface area contributed by atoms with Gasteiger partial charge in [0.2, 0.25) is 0 Å². The van der Waals surface area contributed by atoms with Crippen LogP contribution < -0.4 is 0 Å². The van der Waals surface area contributed by atoms with Gasteiger partial charge in [-0.05, 0) is 38.8 Å². The van der Waals surface area contributed by atoms with Gasteiger partial charge < -0.3 is 10.0 Å². The second-order valence-corrected chi connectivity index (χ2v) is 4.21. The van der Waals surface area contributed by atoms with E-state index in [2.05, 4.69) is 18.4 Å². The van der Waals surface area contributed by atoms with Crippen molar-refractivity contribution in [3.63, 3.8) is 0 Å². The molecule has 2 nitrogen and oxygen atoms in total. The molecule has 14 heavy (non-hydrogen) atoms. The monoisotopic (exact) mass is 197 g/mol. The molecule has 1 unspecified atom stereocenters. The molecular weight excluding hydrogens is 174 g/mol. The Morgan fingerprint density at radius 2 is 2.29 bits per heavy atom. The number of nitrogens with zero attached hydrogens (tertiary/aromatic N) is 1. The van der Waals surface area contributed by atoms with E-state index in [1.165, 1.54) is 31.4 Å². The van der Waals surface area contributed by atoms with Crippen molar-refractivity contribution in [1.82, 2.24) is 4.90 Å². The van der Waals surface area contributed by atoms with E-state index >= 15 is 0 Å². The van der Waals surface area contributed by atoms with Crippen molar-refractivity contribution in [2.24, 2.45) is 0 Å². The zero-order valence-electron chi connectivity index (χ0n) is 9.34. The molecule has 0 aliphatic carbocycles. The molecule has 0 bridgehead atoms. The average molecular weight is 197 g/mol. The van der Waals surface area contributed by atoms with Crippen LogP contribution in [0, 0.1) is 0 Å². The maximum Gasteiger partial charge on any atom is 0.0468 e. The van der Waals surface area contributed by atoms with Crippen molar-refractivity contribution >= 4 is 0 Å². The van der Waals surface area contributed by atoms with Gasteiger partial charge in [0.1, 0.15) is 0 Å². The number of hydrogen-bond acceptors (Lipinski definition) is 2. The second kappa shape index (κ2) is 6.20. The molecule has 1 N–H and O–H groups in total. The summed E-state index contributed by atoms with van der Waals surface area (Å²) in [4.78, 5) is 2.55. The molecule has 2 heteroatoms. The largest absolute Gasteiger partial charge is 0.396 e. The predicted octanol–water partition coefficient (Wildman–Crippen LogP) is 2.19. The highest BCUT2D eigenvalue weighted by Crippen LogP contribution is 2.22. The lowest BCUT2D eigenvalue weighted by Crippen LogP contribution is -2.39. The maximum atomic E-state index is 8.81. The van der Waals surface area contributed by atoms with E-state index in [0.717, 1.165) is 19.4 Å². The molecular formula is C12H23NO. The molecule has 1 saturated heterocycles. The number of aliphatic hydroxyl groups is 1. The highest BCUT2D eigenvalue weighted by Gasteiger charge is 2.20. The molecule has 1 fully saturated rings. The van der Waals surface area contributed by atoms with E-state index < -0.39 is 0 Å². The Balaban J connectivity index is 2.36. The van der Waals surface area contributed by atoms with Crippen LogP contribution in [0.25, 0.3) is 0 Å². The van der Waals surface area contributed by atoms with Crippen LogP contribution >= 0.6 is 0 Å². The summed E-state index contributed by atoms with van der Waals surface area (Å²) in [6.45, 7) is 8.89. The van der Waals surface area contributed by atoms with E-state index in [-0.39, 0.29) is 6.61 Å². The molecule has 0 aromatic heterocycles. The summed E-state index contributed by atoms with van der Waals surface area (Å²) in [6.07, 6.45) is 5.85. The summed E-state index contributed by atoms with van der Waals surface area (Å²) < 4.78 is 0. The van der Waals surface area contributed by atoms with Gasteiger partial charge in [-0.2, -0.15) is 0 Å². The minimum absolute atomic E-state index is 0.248. The minimum atomic E-state index is 0.248. The van der Waals surface area contributed by atoms with Gasteiger partial charge in [-0.15, -0.1) is 0 Å². The SMILES string of the molecule is C=C(CCO)CC1CCCCN1CC. The number of likely N-dealkylation sites (tertiary alicyclic amines) is 1. The Labute approximate surface area is 87.6 Å². The van der Waals surface area contributed by atoms with Crippen LogP contribution in [0.3, 0.4) is 0 Å². The first-order chi connectivity index (χ1) is 6.77. The number of hydrogen-bond donors (Lipinski definition) is 1.